The highest BCUT2D eigenvalue weighted by Crippen LogP contribution is 2.27. The number of methoxy groups -OCH3 is 2. The Labute approximate surface area is 204 Å². The van der Waals surface area contributed by atoms with E-state index in [0.29, 0.717) is 16.1 Å². The van der Waals surface area contributed by atoms with Crippen molar-refractivity contribution >= 4 is 22.6 Å². The summed E-state index contributed by atoms with van der Waals surface area (Å²) in [5.74, 6) is 0. The fourth-order valence-corrected chi connectivity index (χ4v) is 4.86. The zero-order chi connectivity index (χ0) is 25.6. The Kier molecular flexibility index (Phi) is 7.85. The molecule has 0 unspecified atom stereocenters. The van der Waals surface area contributed by atoms with Crippen LogP contribution < -0.4 is 5.69 Å². The van der Waals surface area contributed by atoms with Gasteiger partial charge in [-0.2, -0.15) is 0 Å². The van der Waals surface area contributed by atoms with E-state index in [1.165, 1.54) is 29.4 Å². The van der Waals surface area contributed by atoms with Crippen molar-refractivity contribution < 1.29 is 49.6 Å². The average molecular weight is 521 g/mol. The smallest absolute Gasteiger partial charge is 0.329 e. The number of fused-ring (bicyclic) bond motifs is 1. The predicted molar refractivity (Wildman–Crippen MR) is 119 cm³/mol. The summed E-state index contributed by atoms with van der Waals surface area (Å²) in [6, 6.07) is 4.67. The number of halogens is 1. The van der Waals surface area contributed by atoms with Gasteiger partial charge in [0.25, 0.3) is 0 Å². The lowest BCUT2D eigenvalue weighted by molar-refractivity contribution is -0.288. The number of imidazole rings is 1. The molecule has 1 aromatic heterocycles. The number of aromatic nitrogens is 2. The second-order valence-electron chi connectivity index (χ2n) is 8.63. The Hall–Kier alpha value is -1.62. The lowest BCUT2D eigenvalue weighted by atomic mass is 9.98. The first kappa shape index (κ1) is 26.4. The average Bonchev–Trinajstić information content (AvgIpc) is 3.06. The molecule has 0 saturated carbocycles. The maximum atomic E-state index is 13.5. The van der Waals surface area contributed by atoms with Crippen LogP contribution in [0.15, 0.2) is 23.0 Å². The number of hydrogen-bond acceptors (Lipinski definition) is 11. The normalized spacial score (nSPS) is 38.2. The highest BCUT2D eigenvalue weighted by Gasteiger charge is 2.46. The molecule has 2 fully saturated rings. The van der Waals surface area contributed by atoms with Crippen LogP contribution in [0.4, 0.5) is 0 Å². The number of ether oxygens (including phenoxy) is 4. The van der Waals surface area contributed by atoms with Crippen molar-refractivity contribution in [3.8, 4) is 0 Å². The highest BCUT2D eigenvalue weighted by atomic mass is 35.5. The third-order valence-electron chi connectivity index (χ3n) is 6.57. The van der Waals surface area contributed by atoms with Gasteiger partial charge >= 0.3 is 5.69 Å². The molecule has 0 amide bonds. The van der Waals surface area contributed by atoms with Crippen LogP contribution >= 0.6 is 11.6 Å². The molecule has 35 heavy (non-hydrogen) atoms. The van der Waals surface area contributed by atoms with Crippen molar-refractivity contribution in [3.63, 3.8) is 0 Å². The number of rotatable bonds is 6. The quantitative estimate of drug-likeness (QED) is 0.234. The molecule has 196 valence electrons. The van der Waals surface area contributed by atoms with Crippen LogP contribution in [0.25, 0.3) is 11.0 Å². The molecule has 2 aliphatic heterocycles. The van der Waals surface area contributed by atoms with Gasteiger partial charge in [0.2, 0.25) is 0 Å². The summed E-state index contributed by atoms with van der Waals surface area (Å²) in [6.07, 6.45) is -13.5. The van der Waals surface area contributed by atoms with Crippen molar-refractivity contribution in [2.24, 2.45) is 0 Å². The molecule has 0 aliphatic carbocycles. The summed E-state index contributed by atoms with van der Waals surface area (Å²) in [7, 11) is 2.53. The van der Waals surface area contributed by atoms with Gasteiger partial charge in [0.05, 0.1) is 24.1 Å². The van der Waals surface area contributed by atoms with Gasteiger partial charge in [-0.25, -0.2) is 4.79 Å². The van der Waals surface area contributed by atoms with Crippen LogP contribution in [0.1, 0.15) is 0 Å². The van der Waals surface area contributed by atoms with Crippen molar-refractivity contribution in [2.75, 3.05) is 14.2 Å². The first-order chi connectivity index (χ1) is 16.6. The molecule has 2 saturated heterocycles. The van der Waals surface area contributed by atoms with Crippen molar-refractivity contribution in [3.05, 3.63) is 33.7 Å². The minimum absolute atomic E-state index is 0.217. The number of benzene rings is 1. The minimum atomic E-state index is -1.65. The summed E-state index contributed by atoms with van der Waals surface area (Å²) in [6.45, 7) is -0.450. The van der Waals surface area contributed by atoms with E-state index in [1.54, 1.807) is 12.1 Å². The minimum Gasteiger partial charge on any atom is -0.388 e. The third-order valence-corrected chi connectivity index (χ3v) is 6.81. The van der Waals surface area contributed by atoms with E-state index in [4.69, 9.17) is 30.5 Å². The fourth-order valence-electron chi connectivity index (χ4n) is 4.70. The summed E-state index contributed by atoms with van der Waals surface area (Å²) in [5, 5.41) is 61.7. The monoisotopic (exact) mass is 520 g/mol. The van der Waals surface area contributed by atoms with E-state index in [-0.39, 0.29) is 13.1 Å². The lowest BCUT2D eigenvalue weighted by Crippen LogP contribution is -2.60. The van der Waals surface area contributed by atoms with Crippen LogP contribution in [-0.2, 0) is 32.0 Å². The second-order valence-corrected chi connectivity index (χ2v) is 9.07. The fraction of sp³-hybridized carbons (Fsp3) is 0.667. The predicted octanol–water partition coefficient (Wildman–Crippen LogP) is -2.64. The van der Waals surface area contributed by atoms with Crippen LogP contribution in [0.2, 0.25) is 5.02 Å². The Morgan fingerprint density at radius 2 is 1.26 bits per heavy atom. The zero-order valence-corrected chi connectivity index (χ0v) is 19.7. The van der Waals surface area contributed by atoms with Crippen molar-refractivity contribution in [2.45, 2.75) is 74.5 Å². The molecule has 2 aliphatic rings. The number of aliphatic hydroxyl groups is 6. The van der Waals surface area contributed by atoms with Crippen molar-refractivity contribution in [1.82, 2.24) is 9.13 Å². The molecule has 0 bridgehead atoms. The molecule has 13 nitrogen and oxygen atoms in total. The van der Waals surface area contributed by atoms with Gasteiger partial charge in [-0.3, -0.25) is 9.13 Å². The van der Waals surface area contributed by atoms with Crippen LogP contribution in [0, 0.1) is 0 Å². The SMILES string of the molecule is CO[C@@H]1[C@@H](O)[C@H](Cn2c(=O)n(C[C@H]3O[C@@H](O)[C@@H](O)[C@@H](OC)[C@H]3O)c3ccc(Cl)cc32)O[C@H](O)[C@@H]1O. The highest BCUT2D eigenvalue weighted by molar-refractivity contribution is 6.31. The summed E-state index contributed by atoms with van der Waals surface area (Å²) >= 11 is 6.16. The largest absolute Gasteiger partial charge is 0.388 e. The Morgan fingerprint density at radius 3 is 1.71 bits per heavy atom. The summed E-state index contributed by atoms with van der Waals surface area (Å²) in [5.41, 5.74) is 0.180. The van der Waals surface area contributed by atoms with Gasteiger partial charge in [0.15, 0.2) is 12.6 Å². The topological polar surface area (TPSA) is 185 Å². The Balaban J connectivity index is 1.70. The molecular formula is C21H29ClN2O11. The van der Waals surface area contributed by atoms with Crippen LogP contribution in [0.3, 0.4) is 0 Å². The van der Waals surface area contributed by atoms with E-state index in [0.717, 1.165) is 0 Å². The van der Waals surface area contributed by atoms with Gasteiger partial charge in [-0.05, 0) is 18.2 Å². The van der Waals surface area contributed by atoms with E-state index < -0.39 is 67.1 Å². The molecule has 14 heteroatoms. The maximum absolute atomic E-state index is 13.5. The van der Waals surface area contributed by atoms with E-state index in [1.807, 2.05) is 0 Å². The standard InChI is InChI=1S/C21H29ClN2O11/c1-32-17-13(25)11(34-19(29)15(17)27)6-23-9-4-3-8(22)5-10(9)24(21(23)31)7-12-14(26)18(33-2)16(28)20(30)35-12/h3-5,11-20,25-30H,6-7H2,1-2H3/t11-,12+,13+,14+,15+,16-,17+,18-,19-,20+/m1/s1. The van der Waals surface area contributed by atoms with Gasteiger partial charge < -0.3 is 49.6 Å². The van der Waals surface area contributed by atoms with E-state index in [2.05, 4.69) is 0 Å². The first-order valence-corrected chi connectivity index (χ1v) is 11.3. The Morgan fingerprint density at radius 1 is 0.800 bits per heavy atom. The molecule has 1 aromatic carbocycles. The summed E-state index contributed by atoms with van der Waals surface area (Å²) in [4.78, 5) is 13.5. The molecule has 4 rings (SSSR count). The molecule has 3 heterocycles. The number of nitrogens with zero attached hydrogens (tertiary/aromatic N) is 2. The van der Waals surface area contributed by atoms with Gasteiger partial charge in [0.1, 0.15) is 48.8 Å². The van der Waals surface area contributed by atoms with Crippen molar-refractivity contribution in [1.29, 1.82) is 0 Å². The second kappa shape index (κ2) is 10.4. The zero-order valence-electron chi connectivity index (χ0n) is 18.9. The molecule has 2 aromatic rings. The summed E-state index contributed by atoms with van der Waals surface area (Å²) < 4.78 is 23.4. The third kappa shape index (κ3) is 4.74. The first-order valence-electron chi connectivity index (χ1n) is 10.9. The van der Waals surface area contributed by atoms with Crippen LogP contribution in [0.5, 0.6) is 0 Å². The van der Waals surface area contributed by atoms with Crippen LogP contribution in [-0.4, -0.2) is 115 Å². The Bertz CT molecular complexity index is 1090. The van der Waals surface area contributed by atoms with Gasteiger partial charge in [-0.1, -0.05) is 11.6 Å². The molecular weight excluding hydrogens is 492 g/mol. The van der Waals surface area contributed by atoms with Gasteiger partial charge in [0, 0.05) is 19.2 Å². The molecule has 0 radical (unpaired) electrons. The van der Waals surface area contributed by atoms with E-state index in [9.17, 15) is 35.4 Å². The van der Waals surface area contributed by atoms with E-state index >= 15 is 0 Å². The molecule has 10 atom stereocenters. The lowest BCUT2D eigenvalue weighted by Gasteiger charge is -2.40. The molecule has 6 N–H and O–H groups in total. The maximum Gasteiger partial charge on any atom is 0.329 e. The number of aliphatic hydroxyl groups excluding tert-OH is 6. The van der Waals surface area contributed by atoms with Gasteiger partial charge in [-0.15, -0.1) is 0 Å². The number of hydrogen-bond donors (Lipinski definition) is 6. The molecule has 0 spiro atoms.